The van der Waals surface area contributed by atoms with E-state index in [9.17, 15) is 0 Å². The van der Waals surface area contributed by atoms with Gasteiger partial charge in [0.2, 0.25) is 0 Å². The van der Waals surface area contributed by atoms with Gasteiger partial charge in [0.05, 0.1) is 0 Å². The maximum absolute atomic E-state index is 4.13. The zero-order valence-electron chi connectivity index (χ0n) is 1.46. The Balaban J connectivity index is -0.00000000500. The summed E-state index contributed by atoms with van der Waals surface area (Å²) in [6, 6.07) is 0. The predicted molar refractivity (Wildman–Crippen MR) is 13.3 cm³/mol. The van der Waals surface area contributed by atoms with Crippen LogP contribution in [0, 0.1) is 0 Å². The predicted octanol–water partition coefficient (Wildman–Crippen LogP) is 0.262. The van der Waals surface area contributed by atoms with Crippen molar-refractivity contribution in [3.05, 3.63) is 0 Å². The van der Waals surface area contributed by atoms with E-state index >= 15 is 0 Å². The van der Waals surface area contributed by atoms with E-state index in [1.54, 1.807) is 0 Å². The third-order valence-electron chi connectivity index (χ3n) is 0. The van der Waals surface area contributed by atoms with Gasteiger partial charge in [-0.25, -0.2) is 0 Å². The molecular formula is AgCuSSb. The van der Waals surface area contributed by atoms with Crippen molar-refractivity contribution in [1.82, 2.24) is 0 Å². The van der Waals surface area contributed by atoms with E-state index in [-0.39, 0.29) is 39.4 Å². The second kappa shape index (κ2) is 18.5. The van der Waals surface area contributed by atoms with Gasteiger partial charge in [-0.1, -0.05) is 0 Å². The Bertz CT molecular complexity index is 8.00. The van der Waals surface area contributed by atoms with Crippen LogP contribution < -0.4 is 0 Å². The van der Waals surface area contributed by atoms with Gasteiger partial charge in [0.15, 0.2) is 0 Å². The van der Waals surface area contributed by atoms with Gasteiger partial charge >= 0.3 is 30.2 Å². The summed E-state index contributed by atoms with van der Waals surface area (Å²) >= 11 is 1.33. The molecule has 33 valence electrons. The van der Waals surface area contributed by atoms with Crippen LogP contribution in [-0.4, -0.2) is 21.1 Å². The number of rotatable bonds is 0. The number of hydrogen-bond acceptors (Lipinski definition) is 1. The van der Waals surface area contributed by atoms with Crippen LogP contribution >= 0.6 is 9.19 Å². The first-order valence-electron chi connectivity index (χ1n) is 0.183. The van der Waals surface area contributed by atoms with Gasteiger partial charge in [-0.3, -0.25) is 0 Å². The van der Waals surface area contributed by atoms with Crippen LogP contribution in [0.2, 0.25) is 0 Å². The van der Waals surface area contributed by atoms with Gasteiger partial charge < -0.3 is 0 Å². The van der Waals surface area contributed by atoms with E-state index < -0.39 is 0 Å². The Labute approximate surface area is 68.7 Å². The van der Waals surface area contributed by atoms with Gasteiger partial charge in [-0.05, 0) is 0 Å². The van der Waals surface area contributed by atoms with Crippen LogP contribution in [0.1, 0.15) is 0 Å². The zero-order valence-corrected chi connectivity index (χ0v) is 7.25. The molecule has 4 heteroatoms. The molecule has 0 aliphatic rings. The molecule has 0 rings (SSSR count). The molecule has 0 amide bonds. The Morgan fingerprint density at radius 1 is 1.25 bits per heavy atom. The molecule has 0 nitrogen and oxygen atoms in total. The summed E-state index contributed by atoms with van der Waals surface area (Å²) in [5.74, 6) is 0. The number of hydrogen-bond donors (Lipinski definition) is 0. The van der Waals surface area contributed by atoms with Gasteiger partial charge in [0, 0.05) is 39.4 Å². The molecule has 0 aromatic carbocycles. The van der Waals surface area contributed by atoms with Crippen LogP contribution in [0.4, 0.5) is 0 Å². The molecule has 0 fully saturated rings. The average molecular weight is 325 g/mol. The molecule has 0 bridgehead atoms. The average Bonchev–Trinajstić information content (AvgIpc) is 1.00. The molecule has 0 heterocycles. The van der Waals surface area contributed by atoms with Gasteiger partial charge in [-0.2, -0.15) is 0 Å². The SMILES string of the molecule is [Ag].[Cu].[S]=[Sb]. The standard InChI is InChI=1S/Ag.Cu.S.Sb. The van der Waals surface area contributed by atoms with Crippen LogP contribution in [0.15, 0.2) is 0 Å². The molecule has 0 unspecified atom stereocenters. The van der Waals surface area contributed by atoms with Gasteiger partial charge in [-0.15, -0.1) is 0 Å². The first-order chi connectivity index (χ1) is 1.00. The first kappa shape index (κ1) is 16.3. The normalized spacial score (nSPS) is 1.00. The third-order valence-corrected chi connectivity index (χ3v) is 0. The van der Waals surface area contributed by atoms with Gasteiger partial charge in [0.1, 0.15) is 0 Å². The maximum atomic E-state index is 4.13. The van der Waals surface area contributed by atoms with Crippen molar-refractivity contribution in [2.24, 2.45) is 0 Å². The minimum atomic E-state index is 0. The molecule has 0 N–H and O–H groups in total. The summed E-state index contributed by atoms with van der Waals surface area (Å²) in [6.07, 6.45) is 0. The molecule has 4 heavy (non-hydrogen) atoms. The Morgan fingerprint density at radius 2 is 1.25 bits per heavy atom. The van der Waals surface area contributed by atoms with Gasteiger partial charge in [0.25, 0.3) is 0 Å². The van der Waals surface area contributed by atoms with Crippen molar-refractivity contribution < 1.29 is 39.4 Å². The molecule has 0 spiro atoms. The van der Waals surface area contributed by atoms with Crippen molar-refractivity contribution in [3.8, 4) is 0 Å². The Morgan fingerprint density at radius 3 is 1.25 bits per heavy atom. The summed E-state index contributed by atoms with van der Waals surface area (Å²) in [4.78, 5) is 0. The molecule has 0 aromatic rings. The van der Waals surface area contributed by atoms with E-state index in [0.29, 0.717) is 0 Å². The van der Waals surface area contributed by atoms with E-state index in [4.69, 9.17) is 0 Å². The van der Waals surface area contributed by atoms with Crippen molar-refractivity contribution in [2.45, 2.75) is 0 Å². The van der Waals surface area contributed by atoms with E-state index in [2.05, 4.69) is 9.19 Å². The van der Waals surface area contributed by atoms with Crippen molar-refractivity contribution in [2.75, 3.05) is 0 Å². The van der Waals surface area contributed by atoms with E-state index in [0.717, 1.165) is 0 Å². The second-order valence-corrected chi connectivity index (χ2v) is 0. The summed E-state index contributed by atoms with van der Waals surface area (Å²) in [7, 11) is 4.13. The fourth-order valence-electron chi connectivity index (χ4n) is 0. The van der Waals surface area contributed by atoms with Crippen molar-refractivity contribution in [1.29, 1.82) is 0 Å². The topological polar surface area (TPSA) is 0 Å². The summed E-state index contributed by atoms with van der Waals surface area (Å²) < 4.78 is 0. The summed E-state index contributed by atoms with van der Waals surface area (Å²) in [5, 5.41) is 0. The summed E-state index contributed by atoms with van der Waals surface area (Å²) in [6.45, 7) is 0. The molecule has 0 aliphatic heterocycles. The molecule has 0 aromatic heterocycles. The van der Waals surface area contributed by atoms with Crippen LogP contribution in [0.3, 0.4) is 0 Å². The zero-order chi connectivity index (χ0) is 2.00. The van der Waals surface area contributed by atoms with E-state index in [1.165, 1.54) is 21.1 Å². The summed E-state index contributed by atoms with van der Waals surface area (Å²) in [5.41, 5.74) is 0. The second-order valence-electron chi connectivity index (χ2n) is 0. The van der Waals surface area contributed by atoms with E-state index in [1.807, 2.05) is 0 Å². The monoisotopic (exact) mass is 323 g/mol. The Kier molecular flexibility index (Phi) is 75.3. The molecule has 0 saturated carbocycles. The van der Waals surface area contributed by atoms with Crippen molar-refractivity contribution >= 4 is 30.2 Å². The molecule has 0 aliphatic carbocycles. The van der Waals surface area contributed by atoms with Crippen LogP contribution in [0.5, 0.6) is 0 Å². The van der Waals surface area contributed by atoms with Crippen LogP contribution in [0.25, 0.3) is 0 Å². The third kappa shape index (κ3) is 8.85. The minimum absolute atomic E-state index is 0. The molecule has 0 saturated heterocycles. The molecule has 0 atom stereocenters. The first-order valence-corrected chi connectivity index (χ1v) is 3.67. The fraction of sp³-hybridized carbons (Fsp3) is 0. The van der Waals surface area contributed by atoms with Crippen LogP contribution in [-0.2, 0) is 39.4 Å². The van der Waals surface area contributed by atoms with Crippen molar-refractivity contribution in [3.63, 3.8) is 0 Å². The quantitative estimate of drug-likeness (QED) is 0.576. The Hall–Kier alpha value is 2.30. The molecule has 3 radical (unpaired) electrons. The fourth-order valence-corrected chi connectivity index (χ4v) is 0. The molecular weight excluding hydrogens is 325 g/mol.